The van der Waals surface area contributed by atoms with Crippen LogP contribution in [0, 0.1) is 5.92 Å². The first-order valence-corrected chi connectivity index (χ1v) is 12.1. The Hall–Kier alpha value is -2.42. The maximum Gasteiger partial charge on any atom is 0.407 e. The van der Waals surface area contributed by atoms with Gasteiger partial charge in [-0.2, -0.15) is 0 Å². The first-order chi connectivity index (χ1) is 15.2. The molecule has 0 bridgehead atoms. The Morgan fingerprint density at radius 1 is 1.19 bits per heavy atom. The molecule has 0 unspecified atom stereocenters. The van der Waals surface area contributed by atoms with Crippen LogP contribution >= 0.6 is 11.3 Å². The molecule has 1 atom stereocenters. The lowest BCUT2D eigenvalue weighted by molar-refractivity contribution is -0.138. The Labute approximate surface area is 191 Å². The Bertz CT molecular complexity index is 991. The van der Waals surface area contributed by atoms with Gasteiger partial charge < -0.3 is 19.9 Å². The van der Waals surface area contributed by atoms with Crippen LogP contribution in [0.2, 0.25) is 0 Å². The van der Waals surface area contributed by atoms with E-state index >= 15 is 0 Å². The number of carboxylic acid groups (broad SMARTS) is 1. The Morgan fingerprint density at radius 2 is 1.94 bits per heavy atom. The second kappa shape index (κ2) is 9.21. The van der Waals surface area contributed by atoms with Crippen molar-refractivity contribution in [3.63, 3.8) is 0 Å². The van der Waals surface area contributed by atoms with E-state index in [4.69, 9.17) is 9.47 Å². The predicted molar refractivity (Wildman–Crippen MR) is 121 cm³/mol. The van der Waals surface area contributed by atoms with Gasteiger partial charge in [0, 0.05) is 17.3 Å². The van der Waals surface area contributed by atoms with Gasteiger partial charge in [0.1, 0.15) is 22.9 Å². The second-order valence-electron chi connectivity index (χ2n) is 9.81. The zero-order chi connectivity index (χ0) is 22.9. The molecule has 0 radical (unpaired) electrons. The molecule has 1 saturated carbocycles. The molecule has 0 aliphatic heterocycles. The van der Waals surface area contributed by atoms with Gasteiger partial charge in [-0.15, -0.1) is 11.3 Å². The molecule has 0 aromatic carbocycles. The highest BCUT2D eigenvalue weighted by molar-refractivity contribution is 7.18. The summed E-state index contributed by atoms with van der Waals surface area (Å²) in [7, 11) is 0. The van der Waals surface area contributed by atoms with Gasteiger partial charge in [0.2, 0.25) is 5.88 Å². The molecule has 8 nitrogen and oxygen atoms in total. The molecule has 1 amide bonds. The molecule has 32 heavy (non-hydrogen) atoms. The number of carboxylic acids is 1. The first-order valence-electron chi connectivity index (χ1n) is 11.3. The largest absolute Gasteiger partial charge is 0.481 e. The highest BCUT2D eigenvalue weighted by Gasteiger charge is 2.29. The fraction of sp³-hybridized carbons (Fsp3) is 0.652. The number of alkyl carbamates (subject to hydrolysis) is 1. The molecule has 2 heterocycles. The first kappa shape index (κ1) is 22.8. The number of nitrogens with one attached hydrogen (secondary N) is 1. The summed E-state index contributed by atoms with van der Waals surface area (Å²) in [6.45, 7) is 5.56. The third-order valence-electron chi connectivity index (χ3n) is 6.05. The number of aliphatic carboxylic acids is 1. The van der Waals surface area contributed by atoms with Crippen molar-refractivity contribution in [2.24, 2.45) is 5.92 Å². The lowest BCUT2D eigenvalue weighted by atomic mass is 9.85. The van der Waals surface area contributed by atoms with Gasteiger partial charge in [0.05, 0.1) is 5.39 Å². The SMILES string of the molecule is CC(C)(C)OC(=O)NC1CCC(Oc2ncnc3sc4c(c23)C[C@@H](CC(=O)O)CC4)CC1. The van der Waals surface area contributed by atoms with Crippen LogP contribution in [0.3, 0.4) is 0 Å². The normalized spacial score (nSPS) is 23.4. The van der Waals surface area contributed by atoms with E-state index < -0.39 is 11.6 Å². The van der Waals surface area contributed by atoms with Crippen LogP contribution in [0.1, 0.15) is 69.7 Å². The van der Waals surface area contributed by atoms with Gasteiger partial charge in [-0.1, -0.05) is 0 Å². The van der Waals surface area contributed by atoms with Gasteiger partial charge in [0.25, 0.3) is 0 Å². The molecule has 0 spiro atoms. The van der Waals surface area contributed by atoms with Crippen LogP contribution in [0.25, 0.3) is 10.2 Å². The molecule has 9 heteroatoms. The van der Waals surface area contributed by atoms with Crippen molar-refractivity contribution in [3.8, 4) is 5.88 Å². The lowest BCUT2D eigenvalue weighted by Gasteiger charge is -2.30. The quantitative estimate of drug-likeness (QED) is 0.675. The summed E-state index contributed by atoms with van der Waals surface area (Å²) in [5.74, 6) is -0.00490. The standard InChI is InChI=1S/C23H31N3O5S/c1-23(2,3)31-22(29)26-14-5-7-15(8-6-14)30-20-19-16-10-13(11-18(27)28)4-9-17(16)32-21(19)25-12-24-20/h12-15H,4-11H2,1-3H3,(H,26,29)(H,27,28)/t13-,14?,15?/m0/s1. The summed E-state index contributed by atoms with van der Waals surface area (Å²) < 4.78 is 11.7. The molecular formula is C23H31N3O5S. The van der Waals surface area contributed by atoms with Crippen molar-refractivity contribution in [1.82, 2.24) is 15.3 Å². The Balaban J connectivity index is 1.41. The van der Waals surface area contributed by atoms with Crippen LogP contribution in [0.15, 0.2) is 6.33 Å². The van der Waals surface area contributed by atoms with E-state index in [9.17, 15) is 14.7 Å². The van der Waals surface area contributed by atoms with Crippen molar-refractivity contribution >= 4 is 33.6 Å². The van der Waals surface area contributed by atoms with E-state index in [0.717, 1.165) is 55.2 Å². The fourth-order valence-corrected chi connectivity index (χ4v) is 5.79. The third kappa shape index (κ3) is 5.49. The second-order valence-corrected chi connectivity index (χ2v) is 10.9. The van der Waals surface area contributed by atoms with Gasteiger partial charge in [-0.3, -0.25) is 4.79 Å². The van der Waals surface area contributed by atoms with Gasteiger partial charge in [0.15, 0.2) is 0 Å². The number of rotatable bonds is 5. The molecule has 174 valence electrons. The molecular weight excluding hydrogens is 430 g/mol. The Kier molecular flexibility index (Phi) is 6.55. The summed E-state index contributed by atoms with van der Waals surface area (Å²) >= 11 is 1.67. The summed E-state index contributed by atoms with van der Waals surface area (Å²) in [4.78, 5) is 34.3. The average molecular weight is 462 g/mol. The number of carbonyl (C=O) groups excluding carboxylic acids is 1. The van der Waals surface area contributed by atoms with Gasteiger partial charge in [-0.25, -0.2) is 14.8 Å². The summed E-state index contributed by atoms with van der Waals surface area (Å²) in [6, 6.07) is 0.0841. The number of thiophene rings is 1. The van der Waals surface area contributed by atoms with E-state index in [-0.39, 0.29) is 30.6 Å². The number of ether oxygens (including phenoxy) is 2. The number of aromatic nitrogens is 2. The highest BCUT2D eigenvalue weighted by atomic mass is 32.1. The van der Waals surface area contributed by atoms with Gasteiger partial charge >= 0.3 is 12.1 Å². The predicted octanol–water partition coefficient (Wildman–Crippen LogP) is 4.49. The van der Waals surface area contributed by atoms with Crippen LogP contribution in [-0.4, -0.2) is 44.9 Å². The zero-order valence-electron chi connectivity index (χ0n) is 18.8. The lowest BCUT2D eigenvalue weighted by Crippen LogP contribution is -2.42. The number of aryl methyl sites for hydroxylation is 1. The monoisotopic (exact) mass is 461 g/mol. The van der Waals surface area contributed by atoms with E-state index in [2.05, 4.69) is 15.3 Å². The smallest absolute Gasteiger partial charge is 0.407 e. The summed E-state index contributed by atoms with van der Waals surface area (Å²) in [5.41, 5.74) is 0.657. The van der Waals surface area contributed by atoms with Crippen molar-refractivity contribution < 1.29 is 24.2 Å². The molecule has 2 N–H and O–H groups in total. The third-order valence-corrected chi connectivity index (χ3v) is 7.24. The highest BCUT2D eigenvalue weighted by Crippen LogP contribution is 2.41. The Morgan fingerprint density at radius 3 is 2.62 bits per heavy atom. The summed E-state index contributed by atoms with van der Waals surface area (Å²) in [5, 5.41) is 13.1. The van der Waals surface area contributed by atoms with Crippen LogP contribution in [0.5, 0.6) is 5.88 Å². The minimum atomic E-state index is -0.748. The molecule has 4 rings (SSSR count). The number of carbonyl (C=O) groups is 2. The van der Waals surface area contributed by atoms with Crippen LogP contribution in [-0.2, 0) is 22.4 Å². The molecule has 2 aliphatic rings. The zero-order valence-corrected chi connectivity index (χ0v) is 19.7. The number of fused-ring (bicyclic) bond motifs is 3. The number of hydrogen-bond acceptors (Lipinski definition) is 7. The van der Waals surface area contributed by atoms with E-state index in [1.165, 1.54) is 10.4 Å². The van der Waals surface area contributed by atoms with Crippen molar-refractivity contribution in [1.29, 1.82) is 0 Å². The van der Waals surface area contributed by atoms with Gasteiger partial charge in [-0.05, 0) is 77.2 Å². The van der Waals surface area contributed by atoms with E-state index in [1.54, 1.807) is 17.7 Å². The van der Waals surface area contributed by atoms with Crippen molar-refractivity contribution in [2.75, 3.05) is 0 Å². The molecule has 0 saturated heterocycles. The van der Waals surface area contributed by atoms with Crippen LogP contribution < -0.4 is 10.1 Å². The number of hydrogen-bond donors (Lipinski definition) is 2. The topological polar surface area (TPSA) is 111 Å². The van der Waals surface area contributed by atoms with Crippen molar-refractivity contribution in [2.45, 2.75) is 89.9 Å². The number of nitrogens with zero attached hydrogens (tertiary/aromatic N) is 2. The summed E-state index contributed by atoms with van der Waals surface area (Å²) in [6.07, 6.45) is 7.18. The molecule has 1 fully saturated rings. The maximum absolute atomic E-state index is 12.0. The fourth-order valence-electron chi connectivity index (χ4n) is 4.62. The molecule has 2 aromatic heterocycles. The minimum Gasteiger partial charge on any atom is -0.481 e. The maximum atomic E-state index is 12.0. The number of amides is 1. The molecule has 2 aliphatic carbocycles. The average Bonchev–Trinajstić information content (AvgIpc) is 3.06. The minimum absolute atomic E-state index is 0.0266. The molecule has 2 aromatic rings. The van der Waals surface area contributed by atoms with Crippen molar-refractivity contribution in [3.05, 3.63) is 16.8 Å². The van der Waals surface area contributed by atoms with E-state index in [0.29, 0.717) is 5.88 Å². The van der Waals surface area contributed by atoms with E-state index in [1.807, 2.05) is 20.8 Å². The van der Waals surface area contributed by atoms with Crippen LogP contribution in [0.4, 0.5) is 4.79 Å².